The summed E-state index contributed by atoms with van der Waals surface area (Å²) in [6, 6.07) is 0.181. The zero-order valence-corrected chi connectivity index (χ0v) is 15.5. The largest absolute Gasteiger partial charge is 0.308 e. The quantitative estimate of drug-likeness (QED) is 0.811. The molecule has 0 bridgehead atoms. The Balaban J connectivity index is 2.36. The van der Waals surface area contributed by atoms with Gasteiger partial charge in [0.25, 0.3) is 0 Å². The third-order valence-corrected chi connectivity index (χ3v) is 4.97. The van der Waals surface area contributed by atoms with Gasteiger partial charge in [0.05, 0.1) is 29.0 Å². The molecular weight excluding hydrogens is 348 g/mol. The summed E-state index contributed by atoms with van der Waals surface area (Å²) in [5.74, 6) is 0. The molecule has 21 heavy (non-hydrogen) atoms. The normalized spacial score (nSPS) is 13.0. The molecule has 2 aromatic heterocycles. The minimum Gasteiger partial charge on any atom is -0.308 e. The van der Waals surface area contributed by atoms with Crippen molar-refractivity contribution in [3.05, 3.63) is 38.3 Å². The Hall–Kier alpha value is -0.690. The van der Waals surface area contributed by atoms with E-state index in [9.17, 15) is 0 Å². The Morgan fingerprint density at radius 1 is 1.43 bits per heavy atom. The Morgan fingerprint density at radius 2 is 2.19 bits per heavy atom. The van der Waals surface area contributed by atoms with Gasteiger partial charge in [0.15, 0.2) is 0 Å². The topological polar surface area (TPSA) is 33.1 Å². The van der Waals surface area contributed by atoms with Crippen LogP contribution < -0.4 is 5.32 Å². The molecule has 6 heteroatoms. The molecule has 0 radical (unpaired) electrons. The average Bonchev–Trinajstić information content (AvgIpc) is 3.00. The predicted octanol–water partition coefficient (Wildman–Crippen LogP) is 3.28. The zero-order chi connectivity index (χ0) is 15.4. The SMILES string of the molecule is CCNC(c1cscc1C)c1c(Br)cnn1CCN(C)C. The monoisotopic (exact) mass is 370 g/mol. The minimum absolute atomic E-state index is 0.181. The summed E-state index contributed by atoms with van der Waals surface area (Å²) in [6.45, 7) is 7.10. The standard InChI is InChI=1S/C15H23BrN4S/c1-5-17-14(12-10-21-9-11(12)2)15-13(16)8-18-20(15)7-6-19(3)4/h8-10,14,17H,5-7H2,1-4H3. The molecule has 0 fully saturated rings. The second-order valence-electron chi connectivity index (χ2n) is 5.40. The van der Waals surface area contributed by atoms with Crippen LogP contribution in [0.4, 0.5) is 0 Å². The van der Waals surface area contributed by atoms with Crippen molar-refractivity contribution in [3.63, 3.8) is 0 Å². The van der Waals surface area contributed by atoms with Gasteiger partial charge in [0, 0.05) is 6.54 Å². The molecule has 2 aromatic rings. The molecule has 1 N–H and O–H groups in total. The van der Waals surface area contributed by atoms with Gasteiger partial charge in [0.1, 0.15) is 0 Å². The van der Waals surface area contributed by atoms with Gasteiger partial charge in [0.2, 0.25) is 0 Å². The summed E-state index contributed by atoms with van der Waals surface area (Å²) in [4.78, 5) is 2.18. The molecule has 116 valence electrons. The van der Waals surface area contributed by atoms with Crippen molar-refractivity contribution in [2.75, 3.05) is 27.2 Å². The van der Waals surface area contributed by atoms with Crippen LogP contribution in [0.5, 0.6) is 0 Å². The van der Waals surface area contributed by atoms with Crippen LogP contribution in [0.25, 0.3) is 0 Å². The summed E-state index contributed by atoms with van der Waals surface area (Å²) < 4.78 is 3.17. The second kappa shape index (κ2) is 7.54. The van der Waals surface area contributed by atoms with Gasteiger partial charge in [-0.2, -0.15) is 16.4 Å². The molecule has 0 saturated carbocycles. The van der Waals surface area contributed by atoms with Crippen molar-refractivity contribution >= 4 is 27.3 Å². The van der Waals surface area contributed by atoms with Crippen LogP contribution in [0.1, 0.15) is 29.8 Å². The third-order valence-electron chi connectivity index (χ3n) is 3.48. The maximum atomic E-state index is 4.54. The zero-order valence-electron chi connectivity index (χ0n) is 13.1. The fourth-order valence-electron chi connectivity index (χ4n) is 2.36. The van der Waals surface area contributed by atoms with Crippen molar-refractivity contribution in [1.82, 2.24) is 20.0 Å². The lowest BCUT2D eigenvalue weighted by molar-refractivity contribution is 0.365. The predicted molar refractivity (Wildman–Crippen MR) is 93.1 cm³/mol. The highest BCUT2D eigenvalue weighted by Crippen LogP contribution is 2.32. The summed E-state index contributed by atoms with van der Waals surface area (Å²) in [7, 11) is 4.17. The highest BCUT2D eigenvalue weighted by molar-refractivity contribution is 9.10. The number of aromatic nitrogens is 2. The molecule has 2 heterocycles. The van der Waals surface area contributed by atoms with E-state index in [-0.39, 0.29) is 6.04 Å². The number of hydrogen-bond acceptors (Lipinski definition) is 4. The van der Waals surface area contributed by atoms with Crippen LogP contribution in [0.2, 0.25) is 0 Å². The van der Waals surface area contributed by atoms with Gasteiger partial charge >= 0.3 is 0 Å². The van der Waals surface area contributed by atoms with Crippen molar-refractivity contribution in [1.29, 1.82) is 0 Å². The lowest BCUT2D eigenvalue weighted by Gasteiger charge is -2.21. The summed E-state index contributed by atoms with van der Waals surface area (Å²) >= 11 is 5.43. The van der Waals surface area contributed by atoms with Crippen LogP contribution in [-0.2, 0) is 6.54 Å². The molecular formula is C15H23BrN4S. The lowest BCUT2D eigenvalue weighted by Crippen LogP contribution is -2.27. The summed E-state index contributed by atoms with van der Waals surface area (Å²) in [5, 5.41) is 12.6. The number of rotatable bonds is 7. The summed E-state index contributed by atoms with van der Waals surface area (Å²) in [6.07, 6.45) is 1.90. The number of nitrogens with one attached hydrogen (secondary N) is 1. The molecule has 1 atom stereocenters. The van der Waals surface area contributed by atoms with E-state index in [2.05, 4.69) is 74.6 Å². The molecule has 0 aliphatic heterocycles. The maximum absolute atomic E-state index is 4.54. The van der Waals surface area contributed by atoms with Crippen molar-refractivity contribution in [2.45, 2.75) is 26.4 Å². The van der Waals surface area contributed by atoms with Gasteiger partial charge in [-0.1, -0.05) is 6.92 Å². The Labute approximate surface area is 139 Å². The van der Waals surface area contributed by atoms with E-state index in [0.717, 1.165) is 24.1 Å². The van der Waals surface area contributed by atoms with Gasteiger partial charge in [-0.3, -0.25) is 4.68 Å². The van der Waals surface area contributed by atoms with E-state index in [1.165, 1.54) is 16.8 Å². The number of thiophene rings is 1. The van der Waals surface area contributed by atoms with E-state index in [0.29, 0.717) is 0 Å². The van der Waals surface area contributed by atoms with Gasteiger partial charge in [-0.15, -0.1) is 0 Å². The van der Waals surface area contributed by atoms with Crippen molar-refractivity contribution < 1.29 is 0 Å². The molecule has 0 aliphatic rings. The molecule has 0 spiro atoms. The first kappa shape index (κ1) is 16.7. The first-order chi connectivity index (χ1) is 10.0. The molecule has 0 aliphatic carbocycles. The van der Waals surface area contributed by atoms with E-state index >= 15 is 0 Å². The second-order valence-corrected chi connectivity index (χ2v) is 7.00. The Kier molecular flexibility index (Phi) is 5.98. The van der Waals surface area contributed by atoms with Crippen LogP contribution in [0.15, 0.2) is 21.4 Å². The number of aryl methyl sites for hydroxylation is 1. The number of nitrogens with zero attached hydrogens (tertiary/aromatic N) is 3. The summed E-state index contributed by atoms with van der Waals surface area (Å²) in [5.41, 5.74) is 3.88. The molecule has 0 amide bonds. The minimum atomic E-state index is 0.181. The average molecular weight is 371 g/mol. The first-order valence-corrected chi connectivity index (χ1v) is 8.90. The Bertz CT molecular complexity index is 576. The van der Waals surface area contributed by atoms with Gasteiger partial charge < -0.3 is 10.2 Å². The van der Waals surface area contributed by atoms with E-state index in [1.807, 2.05) is 6.20 Å². The van der Waals surface area contributed by atoms with Gasteiger partial charge in [-0.05, 0) is 65.4 Å². The molecule has 1 unspecified atom stereocenters. The van der Waals surface area contributed by atoms with Crippen LogP contribution in [0, 0.1) is 6.92 Å². The third kappa shape index (κ3) is 3.94. The molecule has 4 nitrogen and oxygen atoms in total. The van der Waals surface area contributed by atoms with E-state index < -0.39 is 0 Å². The van der Waals surface area contributed by atoms with Crippen molar-refractivity contribution in [2.24, 2.45) is 0 Å². The molecule has 2 rings (SSSR count). The molecule has 0 aromatic carbocycles. The van der Waals surface area contributed by atoms with Crippen LogP contribution in [0.3, 0.4) is 0 Å². The highest BCUT2D eigenvalue weighted by Gasteiger charge is 2.23. The number of likely N-dealkylation sites (N-methyl/N-ethyl adjacent to an activating group) is 1. The number of hydrogen-bond donors (Lipinski definition) is 1. The first-order valence-electron chi connectivity index (χ1n) is 7.16. The smallest absolute Gasteiger partial charge is 0.0770 e. The lowest BCUT2D eigenvalue weighted by atomic mass is 10.0. The van der Waals surface area contributed by atoms with Crippen LogP contribution in [-0.4, -0.2) is 41.9 Å². The fourth-order valence-corrected chi connectivity index (χ4v) is 3.76. The van der Waals surface area contributed by atoms with E-state index in [4.69, 9.17) is 0 Å². The maximum Gasteiger partial charge on any atom is 0.0770 e. The fraction of sp³-hybridized carbons (Fsp3) is 0.533. The van der Waals surface area contributed by atoms with Crippen molar-refractivity contribution in [3.8, 4) is 0 Å². The van der Waals surface area contributed by atoms with Crippen LogP contribution >= 0.6 is 27.3 Å². The molecule has 0 saturated heterocycles. The highest BCUT2D eigenvalue weighted by atomic mass is 79.9. The Morgan fingerprint density at radius 3 is 2.76 bits per heavy atom. The van der Waals surface area contributed by atoms with Gasteiger partial charge in [-0.25, -0.2) is 0 Å². The van der Waals surface area contributed by atoms with E-state index in [1.54, 1.807) is 11.3 Å². The number of halogens is 1.